The van der Waals surface area contributed by atoms with Crippen LogP contribution in [0, 0.1) is 6.92 Å². The molecule has 0 aromatic carbocycles. The molecule has 1 atom stereocenters. The Balaban J connectivity index is 2.19. The van der Waals surface area contributed by atoms with Crippen molar-refractivity contribution < 1.29 is 0 Å². The number of aryl methyl sites for hydroxylation is 1. The average molecular weight is 183 g/mol. The van der Waals surface area contributed by atoms with Crippen LogP contribution in [0.25, 0.3) is 0 Å². The maximum Gasteiger partial charge on any atom is 0.205 e. The fraction of sp³-hybridized carbons (Fsp3) is 0.750. The van der Waals surface area contributed by atoms with Gasteiger partial charge in [0.15, 0.2) is 0 Å². The Bertz CT molecular complexity index is 271. The highest BCUT2D eigenvalue weighted by Gasteiger charge is 2.22. The molecular weight excluding hydrogens is 170 g/mol. The van der Waals surface area contributed by atoms with Crippen LogP contribution in [0.2, 0.25) is 0 Å². The van der Waals surface area contributed by atoms with Gasteiger partial charge in [-0.1, -0.05) is 0 Å². The first-order valence-corrected chi connectivity index (χ1v) is 5.11. The maximum absolute atomic E-state index is 4.38. The number of rotatable bonds is 1. The summed E-state index contributed by atoms with van der Waals surface area (Å²) < 4.78 is 4.18. The van der Waals surface area contributed by atoms with Gasteiger partial charge in [0.1, 0.15) is 5.82 Å². The third-order valence-electron chi connectivity index (χ3n) is 2.32. The van der Waals surface area contributed by atoms with E-state index < -0.39 is 0 Å². The van der Waals surface area contributed by atoms with Gasteiger partial charge in [-0.2, -0.15) is 4.37 Å². The quantitative estimate of drug-likeness (QED) is 0.665. The van der Waals surface area contributed by atoms with E-state index in [0.717, 1.165) is 17.5 Å². The third kappa shape index (κ3) is 1.31. The molecule has 1 unspecified atom stereocenters. The summed E-state index contributed by atoms with van der Waals surface area (Å²) in [7, 11) is 0. The first kappa shape index (κ1) is 7.98. The van der Waals surface area contributed by atoms with Gasteiger partial charge in [0.2, 0.25) is 5.13 Å². The smallest absolute Gasteiger partial charge is 0.205 e. The molecule has 0 spiro atoms. The standard InChI is InChI=1S/C8H13N3S/c1-6-4-3-5-11(6)8-9-7(2)10-12-8/h6H,3-5H2,1-2H3. The molecule has 0 saturated carbocycles. The first-order chi connectivity index (χ1) is 5.77. The van der Waals surface area contributed by atoms with Crippen molar-refractivity contribution in [2.24, 2.45) is 0 Å². The predicted molar refractivity (Wildman–Crippen MR) is 50.7 cm³/mol. The minimum Gasteiger partial charge on any atom is -0.344 e. The number of hydrogen-bond donors (Lipinski definition) is 0. The van der Waals surface area contributed by atoms with Crippen molar-refractivity contribution in [1.82, 2.24) is 9.36 Å². The van der Waals surface area contributed by atoms with Crippen LogP contribution in [-0.4, -0.2) is 21.9 Å². The van der Waals surface area contributed by atoms with E-state index in [1.807, 2.05) is 6.92 Å². The molecule has 3 nitrogen and oxygen atoms in total. The molecule has 0 N–H and O–H groups in total. The molecule has 2 rings (SSSR count). The Labute approximate surface area is 76.6 Å². The van der Waals surface area contributed by atoms with E-state index in [1.54, 1.807) is 0 Å². The molecule has 0 radical (unpaired) electrons. The fourth-order valence-electron chi connectivity index (χ4n) is 1.62. The van der Waals surface area contributed by atoms with Gasteiger partial charge in [0.25, 0.3) is 0 Å². The molecule has 0 amide bonds. The zero-order valence-electron chi connectivity index (χ0n) is 7.45. The molecule has 0 aliphatic carbocycles. The number of anilines is 1. The van der Waals surface area contributed by atoms with E-state index in [2.05, 4.69) is 21.2 Å². The molecule has 1 aromatic heterocycles. The number of aromatic nitrogens is 2. The van der Waals surface area contributed by atoms with Gasteiger partial charge >= 0.3 is 0 Å². The molecular formula is C8H13N3S. The molecule has 4 heteroatoms. The second kappa shape index (κ2) is 3.01. The molecule has 66 valence electrons. The largest absolute Gasteiger partial charge is 0.344 e. The Morgan fingerprint density at radius 3 is 2.92 bits per heavy atom. The molecule has 1 aromatic rings. The van der Waals surface area contributed by atoms with Crippen molar-refractivity contribution in [2.75, 3.05) is 11.4 Å². The Morgan fingerprint density at radius 2 is 2.42 bits per heavy atom. The second-order valence-corrected chi connectivity index (χ2v) is 4.04. The van der Waals surface area contributed by atoms with Crippen molar-refractivity contribution in [3.63, 3.8) is 0 Å². The number of nitrogens with zero attached hydrogens (tertiary/aromatic N) is 3. The SMILES string of the molecule is Cc1nsc(N2CCCC2C)n1. The molecule has 1 aliphatic rings. The highest BCUT2D eigenvalue weighted by atomic mass is 32.1. The van der Waals surface area contributed by atoms with Crippen LogP contribution in [0.15, 0.2) is 0 Å². The van der Waals surface area contributed by atoms with Crippen LogP contribution in [0.3, 0.4) is 0 Å². The minimum atomic E-state index is 0.650. The lowest BCUT2D eigenvalue weighted by atomic mass is 10.2. The summed E-state index contributed by atoms with van der Waals surface area (Å²) >= 11 is 1.52. The second-order valence-electron chi connectivity index (χ2n) is 3.31. The normalized spacial score (nSPS) is 23.5. The zero-order valence-corrected chi connectivity index (χ0v) is 8.27. The summed E-state index contributed by atoms with van der Waals surface area (Å²) in [6.07, 6.45) is 2.58. The molecule has 1 aliphatic heterocycles. The van der Waals surface area contributed by atoms with E-state index in [4.69, 9.17) is 0 Å². The van der Waals surface area contributed by atoms with Crippen LogP contribution in [0.4, 0.5) is 5.13 Å². The summed E-state index contributed by atoms with van der Waals surface area (Å²) in [6, 6.07) is 0.650. The lowest BCUT2D eigenvalue weighted by Gasteiger charge is -2.18. The Kier molecular flexibility index (Phi) is 2.00. The topological polar surface area (TPSA) is 29.0 Å². The summed E-state index contributed by atoms with van der Waals surface area (Å²) in [4.78, 5) is 6.73. The van der Waals surface area contributed by atoms with Crippen molar-refractivity contribution in [1.29, 1.82) is 0 Å². The Hall–Kier alpha value is -0.640. The Morgan fingerprint density at radius 1 is 1.58 bits per heavy atom. The molecule has 0 bridgehead atoms. The lowest BCUT2D eigenvalue weighted by molar-refractivity contribution is 0.732. The van der Waals surface area contributed by atoms with E-state index in [-0.39, 0.29) is 0 Å². The van der Waals surface area contributed by atoms with Crippen LogP contribution in [0.1, 0.15) is 25.6 Å². The van der Waals surface area contributed by atoms with E-state index in [1.165, 1.54) is 24.4 Å². The molecule has 2 heterocycles. The van der Waals surface area contributed by atoms with Crippen LogP contribution < -0.4 is 4.90 Å². The summed E-state index contributed by atoms with van der Waals surface area (Å²) in [5.41, 5.74) is 0. The fourth-order valence-corrected chi connectivity index (χ4v) is 2.42. The van der Waals surface area contributed by atoms with Gasteiger partial charge in [-0.15, -0.1) is 0 Å². The predicted octanol–water partition coefficient (Wildman–Crippen LogP) is 1.84. The van der Waals surface area contributed by atoms with Gasteiger partial charge < -0.3 is 4.90 Å². The maximum atomic E-state index is 4.38. The van der Waals surface area contributed by atoms with E-state index >= 15 is 0 Å². The van der Waals surface area contributed by atoms with Gasteiger partial charge in [0.05, 0.1) is 0 Å². The van der Waals surface area contributed by atoms with Crippen molar-refractivity contribution in [3.05, 3.63) is 5.82 Å². The van der Waals surface area contributed by atoms with E-state index in [0.29, 0.717) is 6.04 Å². The van der Waals surface area contributed by atoms with Crippen LogP contribution >= 0.6 is 11.5 Å². The van der Waals surface area contributed by atoms with Crippen molar-refractivity contribution in [2.45, 2.75) is 32.7 Å². The van der Waals surface area contributed by atoms with E-state index in [9.17, 15) is 0 Å². The number of hydrogen-bond acceptors (Lipinski definition) is 4. The zero-order chi connectivity index (χ0) is 8.55. The highest BCUT2D eigenvalue weighted by Crippen LogP contribution is 2.26. The molecule has 12 heavy (non-hydrogen) atoms. The van der Waals surface area contributed by atoms with Gasteiger partial charge in [-0.25, -0.2) is 4.98 Å². The van der Waals surface area contributed by atoms with Gasteiger partial charge in [-0.3, -0.25) is 0 Å². The monoisotopic (exact) mass is 183 g/mol. The minimum absolute atomic E-state index is 0.650. The van der Waals surface area contributed by atoms with Crippen LogP contribution in [-0.2, 0) is 0 Å². The van der Waals surface area contributed by atoms with Crippen LogP contribution in [0.5, 0.6) is 0 Å². The third-order valence-corrected chi connectivity index (χ3v) is 3.16. The summed E-state index contributed by atoms with van der Waals surface area (Å²) in [6.45, 7) is 5.35. The van der Waals surface area contributed by atoms with Gasteiger partial charge in [0, 0.05) is 24.1 Å². The summed E-state index contributed by atoms with van der Waals surface area (Å²) in [5.74, 6) is 0.897. The average Bonchev–Trinajstić information content (AvgIpc) is 2.58. The molecule has 1 fully saturated rings. The van der Waals surface area contributed by atoms with Crippen molar-refractivity contribution in [3.8, 4) is 0 Å². The summed E-state index contributed by atoms with van der Waals surface area (Å²) in [5, 5.41) is 1.09. The van der Waals surface area contributed by atoms with Gasteiger partial charge in [-0.05, 0) is 26.7 Å². The first-order valence-electron chi connectivity index (χ1n) is 4.34. The van der Waals surface area contributed by atoms with Crippen molar-refractivity contribution >= 4 is 16.7 Å². The highest BCUT2D eigenvalue weighted by molar-refractivity contribution is 7.09. The lowest BCUT2D eigenvalue weighted by Crippen LogP contribution is -2.25. The molecule has 1 saturated heterocycles.